The van der Waals surface area contributed by atoms with Gasteiger partial charge in [-0.25, -0.2) is 4.79 Å². The summed E-state index contributed by atoms with van der Waals surface area (Å²) in [5.74, 6) is -1.01. The number of aliphatic carboxylic acids is 1. The number of hydrogen-bond donors (Lipinski definition) is 1. The number of carbonyl (C=O) groups excluding carboxylic acids is 1. The predicted molar refractivity (Wildman–Crippen MR) is 69.4 cm³/mol. The lowest BCUT2D eigenvalue weighted by atomic mass is 10.00. The van der Waals surface area contributed by atoms with Crippen molar-refractivity contribution in [2.45, 2.75) is 51.6 Å². The number of carboxylic acids is 1. The van der Waals surface area contributed by atoms with Gasteiger partial charge in [0.05, 0.1) is 6.04 Å². The zero-order valence-electron chi connectivity index (χ0n) is 11.6. The number of rotatable bonds is 5. The fraction of sp³-hybridized carbons (Fsp3) is 0.846. The summed E-state index contributed by atoms with van der Waals surface area (Å²) in [6.45, 7) is 5.50. The molecule has 2 atom stereocenters. The number of carboxylic acid groups (broad SMARTS) is 1. The van der Waals surface area contributed by atoms with E-state index in [9.17, 15) is 9.59 Å². The Morgan fingerprint density at radius 1 is 1.44 bits per heavy atom. The molecule has 0 aliphatic carbocycles. The molecule has 1 amide bonds. The highest BCUT2D eigenvalue weighted by atomic mass is 16.4. The highest BCUT2D eigenvalue weighted by molar-refractivity contribution is 5.86. The van der Waals surface area contributed by atoms with Gasteiger partial charge in [-0.2, -0.15) is 0 Å². The Morgan fingerprint density at radius 3 is 2.67 bits per heavy atom. The van der Waals surface area contributed by atoms with Crippen LogP contribution in [-0.2, 0) is 9.59 Å². The first-order valence-corrected chi connectivity index (χ1v) is 6.72. The van der Waals surface area contributed by atoms with E-state index in [2.05, 4.69) is 11.8 Å². The van der Waals surface area contributed by atoms with Crippen LogP contribution in [0.4, 0.5) is 0 Å². The molecule has 18 heavy (non-hydrogen) atoms. The first-order valence-electron chi connectivity index (χ1n) is 6.72. The molecule has 0 unspecified atom stereocenters. The second-order valence-electron chi connectivity index (χ2n) is 5.01. The monoisotopic (exact) mass is 256 g/mol. The van der Waals surface area contributed by atoms with Gasteiger partial charge in [-0.3, -0.25) is 9.69 Å². The Hall–Kier alpha value is -1.10. The van der Waals surface area contributed by atoms with Gasteiger partial charge in [-0.05, 0) is 39.3 Å². The van der Waals surface area contributed by atoms with E-state index in [1.54, 1.807) is 14.0 Å². The van der Waals surface area contributed by atoms with Crippen LogP contribution >= 0.6 is 0 Å². The quantitative estimate of drug-likeness (QED) is 0.802. The fourth-order valence-corrected chi connectivity index (χ4v) is 2.42. The number of amides is 1. The van der Waals surface area contributed by atoms with Crippen LogP contribution in [-0.4, -0.2) is 59.0 Å². The summed E-state index contributed by atoms with van der Waals surface area (Å²) >= 11 is 0. The van der Waals surface area contributed by atoms with Crippen molar-refractivity contribution in [1.82, 2.24) is 9.80 Å². The van der Waals surface area contributed by atoms with Crippen LogP contribution in [0, 0.1) is 0 Å². The van der Waals surface area contributed by atoms with Crippen LogP contribution in [0.5, 0.6) is 0 Å². The molecule has 1 aliphatic heterocycles. The molecule has 1 aliphatic rings. The van der Waals surface area contributed by atoms with Gasteiger partial charge in [0.1, 0.15) is 6.04 Å². The van der Waals surface area contributed by atoms with Gasteiger partial charge in [0, 0.05) is 7.05 Å². The summed E-state index contributed by atoms with van der Waals surface area (Å²) in [7, 11) is 1.58. The summed E-state index contributed by atoms with van der Waals surface area (Å²) < 4.78 is 0. The van der Waals surface area contributed by atoms with E-state index < -0.39 is 12.0 Å². The third kappa shape index (κ3) is 3.45. The number of likely N-dealkylation sites (tertiary alicyclic amines) is 1. The minimum Gasteiger partial charge on any atom is -0.480 e. The Balaban J connectivity index is 2.70. The molecule has 5 heteroatoms. The van der Waals surface area contributed by atoms with Crippen LogP contribution in [0.15, 0.2) is 0 Å². The van der Waals surface area contributed by atoms with Crippen LogP contribution in [0.3, 0.4) is 0 Å². The van der Waals surface area contributed by atoms with E-state index >= 15 is 0 Å². The second kappa shape index (κ2) is 6.73. The molecule has 1 heterocycles. The molecule has 0 saturated carbocycles. The molecule has 0 aromatic carbocycles. The van der Waals surface area contributed by atoms with Gasteiger partial charge >= 0.3 is 5.97 Å². The molecular weight excluding hydrogens is 232 g/mol. The molecule has 1 fully saturated rings. The molecule has 0 aromatic heterocycles. The fourth-order valence-electron chi connectivity index (χ4n) is 2.42. The highest BCUT2D eigenvalue weighted by Crippen LogP contribution is 2.19. The average molecular weight is 256 g/mol. The normalized spacial score (nSPS) is 22.5. The van der Waals surface area contributed by atoms with E-state index in [1.807, 2.05) is 0 Å². The Kier molecular flexibility index (Phi) is 5.59. The SMILES string of the molecule is CCCN1CCCC[C@@H]1C(=O)N(C)[C@@H](C)C(=O)O. The van der Waals surface area contributed by atoms with Crippen molar-refractivity contribution in [2.75, 3.05) is 20.1 Å². The molecule has 0 aromatic rings. The van der Waals surface area contributed by atoms with Crippen LogP contribution < -0.4 is 0 Å². The summed E-state index contributed by atoms with van der Waals surface area (Å²) in [5.41, 5.74) is 0. The van der Waals surface area contributed by atoms with Gasteiger partial charge < -0.3 is 10.0 Å². The topological polar surface area (TPSA) is 60.9 Å². The van der Waals surface area contributed by atoms with Crippen molar-refractivity contribution < 1.29 is 14.7 Å². The molecule has 1 rings (SSSR count). The Morgan fingerprint density at radius 2 is 2.11 bits per heavy atom. The summed E-state index contributed by atoms with van der Waals surface area (Å²) in [4.78, 5) is 26.8. The Bertz CT molecular complexity index is 305. The zero-order chi connectivity index (χ0) is 13.7. The molecule has 0 spiro atoms. The molecule has 5 nitrogen and oxygen atoms in total. The largest absolute Gasteiger partial charge is 0.480 e. The average Bonchev–Trinajstić information content (AvgIpc) is 2.37. The minimum absolute atomic E-state index is 0.0574. The van der Waals surface area contributed by atoms with Crippen molar-refractivity contribution in [3.05, 3.63) is 0 Å². The van der Waals surface area contributed by atoms with Crippen molar-refractivity contribution >= 4 is 11.9 Å². The van der Waals surface area contributed by atoms with E-state index in [-0.39, 0.29) is 11.9 Å². The highest BCUT2D eigenvalue weighted by Gasteiger charge is 2.33. The maximum atomic E-state index is 12.4. The number of carbonyl (C=O) groups is 2. The van der Waals surface area contributed by atoms with Crippen molar-refractivity contribution in [3.63, 3.8) is 0 Å². The number of likely N-dealkylation sites (N-methyl/N-ethyl adjacent to an activating group) is 1. The van der Waals surface area contributed by atoms with Crippen LogP contribution in [0.25, 0.3) is 0 Å². The minimum atomic E-state index is -0.955. The number of nitrogens with zero attached hydrogens (tertiary/aromatic N) is 2. The van der Waals surface area contributed by atoms with Crippen molar-refractivity contribution in [1.29, 1.82) is 0 Å². The lowest BCUT2D eigenvalue weighted by molar-refractivity contribution is -0.151. The maximum Gasteiger partial charge on any atom is 0.326 e. The van der Waals surface area contributed by atoms with Crippen LogP contribution in [0.1, 0.15) is 39.5 Å². The molecule has 1 N–H and O–H groups in total. The van der Waals surface area contributed by atoms with E-state index in [0.29, 0.717) is 0 Å². The summed E-state index contributed by atoms with van der Waals surface area (Å²) in [6.07, 6.45) is 4.03. The Labute approximate surface area is 109 Å². The molecule has 0 bridgehead atoms. The number of hydrogen-bond acceptors (Lipinski definition) is 3. The van der Waals surface area contributed by atoms with Gasteiger partial charge in [-0.1, -0.05) is 13.3 Å². The number of piperidine rings is 1. The van der Waals surface area contributed by atoms with Gasteiger partial charge in [0.15, 0.2) is 0 Å². The van der Waals surface area contributed by atoms with Gasteiger partial charge in [0.2, 0.25) is 5.91 Å². The molecule has 104 valence electrons. The first kappa shape index (κ1) is 15.0. The lowest BCUT2D eigenvalue weighted by Gasteiger charge is -2.37. The first-order chi connectivity index (χ1) is 8.49. The summed E-state index contributed by atoms with van der Waals surface area (Å²) in [5, 5.41) is 8.96. The maximum absolute atomic E-state index is 12.4. The lowest BCUT2D eigenvalue weighted by Crippen LogP contribution is -2.53. The second-order valence-corrected chi connectivity index (χ2v) is 5.01. The standard InChI is InChI=1S/C13H24N2O3/c1-4-8-15-9-6-5-7-11(15)12(16)14(3)10(2)13(17)18/h10-11H,4-9H2,1-3H3,(H,17,18)/t10-,11+/m0/s1. The third-order valence-corrected chi connectivity index (χ3v) is 3.70. The predicted octanol–water partition coefficient (Wildman–Crippen LogP) is 1.18. The van der Waals surface area contributed by atoms with Gasteiger partial charge in [0.25, 0.3) is 0 Å². The summed E-state index contributed by atoms with van der Waals surface area (Å²) in [6, 6.07) is -0.895. The zero-order valence-corrected chi connectivity index (χ0v) is 11.6. The van der Waals surface area contributed by atoms with E-state index in [4.69, 9.17) is 5.11 Å². The molecule has 0 radical (unpaired) electrons. The molecular formula is C13H24N2O3. The van der Waals surface area contributed by atoms with Crippen molar-refractivity contribution in [3.8, 4) is 0 Å². The van der Waals surface area contributed by atoms with Crippen LogP contribution in [0.2, 0.25) is 0 Å². The van der Waals surface area contributed by atoms with Gasteiger partial charge in [-0.15, -0.1) is 0 Å². The smallest absolute Gasteiger partial charge is 0.326 e. The van der Waals surface area contributed by atoms with E-state index in [0.717, 1.165) is 38.8 Å². The van der Waals surface area contributed by atoms with E-state index in [1.165, 1.54) is 4.90 Å². The third-order valence-electron chi connectivity index (χ3n) is 3.70. The molecule has 1 saturated heterocycles. The van der Waals surface area contributed by atoms with Crippen molar-refractivity contribution in [2.24, 2.45) is 0 Å².